The Bertz CT molecular complexity index is 329. The predicted molar refractivity (Wildman–Crippen MR) is 73.4 cm³/mol. The largest absolute Gasteiger partial charge is 0.508 e. The van der Waals surface area contributed by atoms with Gasteiger partial charge in [0.1, 0.15) is 5.75 Å². The van der Waals surface area contributed by atoms with E-state index in [0.717, 1.165) is 19.3 Å². The summed E-state index contributed by atoms with van der Waals surface area (Å²) < 4.78 is 0. The molecule has 0 fully saturated rings. The highest BCUT2D eigenvalue weighted by molar-refractivity contribution is 5.25. The molecule has 0 spiro atoms. The highest BCUT2D eigenvalue weighted by Gasteiger charge is 2.16. The molecule has 17 heavy (non-hydrogen) atoms. The molecule has 0 amide bonds. The number of hydrogen-bond acceptors (Lipinski definition) is 2. The molecule has 0 heterocycles. The monoisotopic (exact) mass is 235 g/mol. The highest BCUT2D eigenvalue weighted by atomic mass is 16.3. The maximum absolute atomic E-state index is 9.21. The molecule has 96 valence electrons. The molecule has 1 unspecified atom stereocenters. The van der Waals surface area contributed by atoms with Crippen LogP contribution in [0, 0.1) is 0 Å². The second-order valence-electron chi connectivity index (χ2n) is 5.49. The molecule has 0 aliphatic heterocycles. The number of rotatable bonds is 6. The zero-order valence-corrected chi connectivity index (χ0v) is 11.5. The average Bonchev–Trinajstić information content (AvgIpc) is 2.28. The zero-order chi connectivity index (χ0) is 12.9. The average molecular weight is 235 g/mol. The third-order valence-electron chi connectivity index (χ3n) is 3.32. The summed E-state index contributed by atoms with van der Waals surface area (Å²) in [6.45, 7) is 8.92. The van der Waals surface area contributed by atoms with Crippen LogP contribution in [-0.2, 0) is 6.42 Å². The summed E-state index contributed by atoms with van der Waals surface area (Å²) in [5.41, 5.74) is 1.50. The van der Waals surface area contributed by atoms with Gasteiger partial charge in [0.15, 0.2) is 0 Å². The van der Waals surface area contributed by atoms with Crippen molar-refractivity contribution in [3.63, 3.8) is 0 Å². The smallest absolute Gasteiger partial charge is 0.115 e. The van der Waals surface area contributed by atoms with E-state index in [2.05, 4.69) is 33.0 Å². The molecule has 0 aromatic heterocycles. The Morgan fingerprint density at radius 1 is 1.24 bits per heavy atom. The Hall–Kier alpha value is -1.02. The quantitative estimate of drug-likeness (QED) is 0.791. The molecule has 2 heteroatoms. The van der Waals surface area contributed by atoms with Crippen molar-refractivity contribution in [2.24, 2.45) is 0 Å². The Morgan fingerprint density at radius 3 is 2.35 bits per heavy atom. The van der Waals surface area contributed by atoms with E-state index in [1.165, 1.54) is 5.56 Å². The van der Waals surface area contributed by atoms with Gasteiger partial charge in [-0.25, -0.2) is 0 Å². The number of hydrogen-bond donors (Lipinski definition) is 2. The first-order valence-corrected chi connectivity index (χ1v) is 6.48. The van der Waals surface area contributed by atoms with Crippen molar-refractivity contribution in [1.29, 1.82) is 0 Å². The van der Waals surface area contributed by atoms with Gasteiger partial charge in [0, 0.05) is 11.6 Å². The molecule has 0 bridgehead atoms. The predicted octanol–water partition coefficient (Wildman–Crippen LogP) is 3.49. The van der Waals surface area contributed by atoms with E-state index in [0.29, 0.717) is 11.8 Å². The van der Waals surface area contributed by atoms with Crippen LogP contribution in [-0.4, -0.2) is 16.7 Å². The Kier molecular flexibility index (Phi) is 5.01. The first-order chi connectivity index (χ1) is 7.93. The van der Waals surface area contributed by atoms with Crippen LogP contribution in [0.2, 0.25) is 0 Å². The summed E-state index contributed by atoms with van der Waals surface area (Å²) in [6.07, 6.45) is 3.30. The molecule has 1 atom stereocenters. The summed E-state index contributed by atoms with van der Waals surface area (Å²) in [7, 11) is 0. The van der Waals surface area contributed by atoms with Crippen molar-refractivity contribution in [2.45, 2.75) is 58.5 Å². The van der Waals surface area contributed by atoms with Gasteiger partial charge >= 0.3 is 0 Å². The summed E-state index contributed by atoms with van der Waals surface area (Å²) in [5, 5.41) is 12.8. The van der Waals surface area contributed by atoms with E-state index in [4.69, 9.17) is 0 Å². The van der Waals surface area contributed by atoms with Crippen molar-refractivity contribution >= 4 is 0 Å². The first-order valence-electron chi connectivity index (χ1n) is 6.48. The van der Waals surface area contributed by atoms with Gasteiger partial charge in [-0.1, -0.05) is 19.1 Å². The topological polar surface area (TPSA) is 32.3 Å². The maximum atomic E-state index is 9.21. The molecule has 1 aromatic carbocycles. The number of benzene rings is 1. The lowest BCUT2D eigenvalue weighted by molar-refractivity contribution is 0.325. The Balaban J connectivity index is 2.38. The minimum atomic E-state index is 0.217. The molecule has 0 saturated carbocycles. The van der Waals surface area contributed by atoms with Gasteiger partial charge in [-0.15, -0.1) is 0 Å². The minimum absolute atomic E-state index is 0.217. The SMILES string of the molecule is CCC(C)(C)NC(C)CCc1ccc(O)cc1. The summed E-state index contributed by atoms with van der Waals surface area (Å²) in [4.78, 5) is 0. The summed E-state index contributed by atoms with van der Waals surface area (Å²) >= 11 is 0. The van der Waals surface area contributed by atoms with E-state index in [-0.39, 0.29) is 5.54 Å². The van der Waals surface area contributed by atoms with Crippen molar-refractivity contribution in [3.05, 3.63) is 29.8 Å². The molecule has 1 aromatic rings. The van der Waals surface area contributed by atoms with Crippen molar-refractivity contribution in [2.75, 3.05) is 0 Å². The van der Waals surface area contributed by atoms with E-state index < -0.39 is 0 Å². The third-order valence-corrected chi connectivity index (χ3v) is 3.32. The van der Waals surface area contributed by atoms with E-state index in [1.54, 1.807) is 12.1 Å². The molecule has 0 saturated heterocycles. The van der Waals surface area contributed by atoms with Crippen LogP contribution >= 0.6 is 0 Å². The van der Waals surface area contributed by atoms with Crippen molar-refractivity contribution in [1.82, 2.24) is 5.32 Å². The molecule has 0 aliphatic rings. The molecular formula is C15H25NO. The van der Waals surface area contributed by atoms with Gasteiger partial charge in [-0.3, -0.25) is 0 Å². The number of phenols is 1. The maximum Gasteiger partial charge on any atom is 0.115 e. The van der Waals surface area contributed by atoms with Crippen molar-refractivity contribution < 1.29 is 5.11 Å². The van der Waals surface area contributed by atoms with E-state index in [1.807, 2.05) is 12.1 Å². The lowest BCUT2D eigenvalue weighted by Crippen LogP contribution is -2.44. The second kappa shape index (κ2) is 6.06. The van der Waals surface area contributed by atoms with Gasteiger partial charge in [0.05, 0.1) is 0 Å². The summed E-state index contributed by atoms with van der Waals surface area (Å²) in [5.74, 6) is 0.340. The fourth-order valence-electron chi connectivity index (χ4n) is 1.89. The lowest BCUT2D eigenvalue weighted by atomic mass is 9.98. The summed E-state index contributed by atoms with van der Waals surface area (Å²) in [6, 6.07) is 8.01. The molecule has 0 radical (unpaired) electrons. The molecule has 0 aliphatic carbocycles. The number of nitrogens with one attached hydrogen (secondary N) is 1. The fraction of sp³-hybridized carbons (Fsp3) is 0.600. The van der Waals surface area contributed by atoms with Crippen LogP contribution in [0.5, 0.6) is 5.75 Å². The highest BCUT2D eigenvalue weighted by Crippen LogP contribution is 2.14. The van der Waals surface area contributed by atoms with Crippen molar-refractivity contribution in [3.8, 4) is 5.75 Å². The lowest BCUT2D eigenvalue weighted by Gasteiger charge is -2.29. The minimum Gasteiger partial charge on any atom is -0.508 e. The van der Waals surface area contributed by atoms with Crippen LogP contribution in [0.15, 0.2) is 24.3 Å². The van der Waals surface area contributed by atoms with Gasteiger partial charge in [0.25, 0.3) is 0 Å². The third kappa shape index (κ3) is 5.22. The van der Waals surface area contributed by atoms with Crippen LogP contribution < -0.4 is 5.32 Å². The van der Waals surface area contributed by atoms with Gasteiger partial charge in [0.2, 0.25) is 0 Å². The van der Waals surface area contributed by atoms with Crippen LogP contribution in [0.1, 0.15) is 46.1 Å². The van der Waals surface area contributed by atoms with Crippen LogP contribution in [0.4, 0.5) is 0 Å². The van der Waals surface area contributed by atoms with Gasteiger partial charge in [-0.2, -0.15) is 0 Å². The molecular weight excluding hydrogens is 210 g/mol. The van der Waals surface area contributed by atoms with E-state index >= 15 is 0 Å². The number of aryl methyl sites for hydroxylation is 1. The van der Waals surface area contributed by atoms with Gasteiger partial charge < -0.3 is 10.4 Å². The fourth-order valence-corrected chi connectivity index (χ4v) is 1.89. The van der Waals surface area contributed by atoms with Crippen LogP contribution in [0.3, 0.4) is 0 Å². The number of phenolic OH excluding ortho intramolecular Hbond substituents is 1. The second-order valence-corrected chi connectivity index (χ2v) is 5.49. The van der Waals surface area contributed by atoms with Crippen LogP contribution in [0.25, 0.3) is 0 Å². The molecule has 2 N–H and O–H groups in total. The standard InChI is InChI=1S/C15H25NO/c1-5-15(3,4)16-12(2)6-7-13-8-10-14(17)11-9-13/h8-12,16-17H,5-7H2,1-4H3. The molecule has 2 nitrogen and oxygen atoms in total. The van der Waals surface area contributed by atoms with Gasteiger partial charge in [-0.05, 0) is 57.7 Å². The number of aromatic hydroxyl groups is 1. The Labute approximate surface area is 105 Å². The Morgan fingerprint density at radius 2 is 1.82 bits per heavy atom. The first kappa shape index (κ1) is 14.0. The normalized spacial score (nSPS) is 13.6. The zero-order valence-electron chi connectivity index (χ0n) is 11.5. The molecule has 1 rings (SSSR count). The van der Waals surface area contributed by atoms with E-state index in [9.17, 15) is 5.11 Å².